The van der Waals surface area contributed by atoms with Gasteiger partial charge in [0.1, 0.15) is 11.5 Å². The van der Waals surface area contributed by atoms with E-state index in [0.717, 1.165) is 18.5 Å². The van der Waals surface area contributed by atoms with Gasteiger partial charge in [-0.05, 0) is 24.9 Å². The number of hydrogen-bond donors (Lipinski definition) is 2. The molecule has 0 heterocycles. The number of nitrogens with one attached hydrogen (secondary N) is 1. The van der Waals surface area contributed by atoms with Crippen LogP contribution >= 0.6 is 0 Å². The lowest BCUT2D eigenvalue weighted by atomic mass is 10.1. The van der Waals surface area contributed by atoms with Gasteiger partial charge in [-0.15, -0.1) is 0 Å². The largest absolute Gasteiger partial charge is 0.507 e. The molecule has 0 aliphatic heterocycles. The second kappa shape index (κ2) is 6.38. The number of phenolic OH excluding ortho intramolecular Hbond substituents is 1. The van der Waals surface area contributed by atoms with Gasteiger partial charge in [0.25, 0.3) is 0 Å². The van der Waals surface area contributed by atoms with Gasteiger partial charge >= 0.3 is 0 Å². The molecule has 0 aliphatic rings. The molecular formula is C13H21NO2. The molecule has 0 unspecified atom stereocenters. The highest BCUT2D eigenvalue weighted by Gasteiger charge is 2.02. The summed E-state index contributed by atoms with van der Waals surface area (Å²) in [5, 5.41) is 13.0. The summed E-state index contributed by atoms with van der Waals surface area (Å²) in [5.74, 6) is 1.68. The minimum Gasteiger partial charge on any atom is -0.507 e. The van der Waals surface area contributed by atoms with Crippen molar-refractivity contribution in [3.05, 3.63) is 23.8 Å². The van der Waals surface area contributed by atoms with Gasteiger partial charge in [0.2, 0.25) is 0 Å². The SMILES string of the molecule is COc1ccc(CNCCC(C)C)c(O)c1. The summed E-state index contributed by atoms with van der Waals surface area (Å²) >= 11 is 0. The van der Waals surface area contributed by atoms with E-state index in [1.54, 1.807) is 13.2 Å². The molecule has 1 rings (SSSR count). The van der Waals surface area contributed by atoms with Crippen molar-refractivity contribution in [1.82, 2.24) is 5.32 Å². The molecule has 1 aromatic rings. The van der Waals surface area contributed by atoms with Crippen molar-refractivity contribution < 1.29 is 9.84 Å². The van der Waals surface area contributed by atoms with E-state index in [-0.39, 0.29) is 5.75 Å². The van der Waals surface area contributed by atoms with Gasteiger partial charge in [0, 0.05) is 18.2 Å². The monoisotopic (exact) mass is 223 g/mol. The molecule has 0 aromatic heterocycles. The van der Waals surface area contributed by atoms with Crippen LogP contribution in [0.15, 0.2) is 18.2 Å². The predicted molar refractivity (Wildman–Crippen MR) is 65.8 cm³/mol. The first-order valence-electron chi connectivity index (χ1n) is 5.70. The van der Waals surface area contributed by atoms with E-state index < -0.39 is 0 Å². The van der Waals surface area contributed by atoms with E-state index in [0.29, 0.717) is 18.2 Å². The summed E-state index contributed by atoms with van der Waals surface area (Å²) in [6.45, 7) is 6.07. The molecule has 0 saturated heterocycles. The maximum atomic E-state index is 9.71. The van der Waals surface area contributed by atoms with Gasteiger partial charge < -0.3 is 15.2 Å². The minimum atomic E-state index is 0.288. The van der Waals surface area contributed by atoms with E-state index in [1.807, 2.05) is 12.1 Å². The van der Waals surface area contributed by atoms with Crippen LogP contribution in [0.5, 0.6) is 11.5 Å². The van der Waals surface area contributed by atoms with Crippen LogP contribution in [0.4, 0.5) is 0 Å². The molecule has 90 valence electrons. The van der Waals surface area contributed by atoms with Crippen molar-refractivity contribution in [2.24, 2.45) is 5.92 Å². The fraction of sp³-hybridized carbons (Fsp3) is 0.538. The molecule has 0 bridgehead atoms. The van der Waals surface area contributed by atoms with Crippen molar-refractivity contribution in [1.29, 1.82) is 0 Å². The lowest BCUT2D eigenvalue weighted by Gasteiger charge is -2.09. The fourth-order valence-corrected chi connectivity index (χ4v) is 1.43. The lowest BCUT2D eigenvalue weighted by molar-refractivity contribution is 0.405. The number of benzene rings is 1. The van der Waals surface area contributed by atoms with Gasteiger partial charge in [0.05, 0.1) is 7.11 Å². The topological polar surface area (TPSA) is 41.5 Å². The van der Waals surface area contributed by atoms with Crippen LogP contribution in [0.3, 0.4) is 0 Å². The average molecular weight is 223 g/mol. The molecule has 0 saturated carbocycles. The Morgan fingerprint density at radius 2 is 2.12 bits per heavy atom. The first-order chi connectivity index (χ1) is 7.63. The lowest BCUT2D eigenvalue weighted by Crippen LogP contribution is -2.16. The zero-order valence-corrected chi connectivity index (χ0v) is 10.3. The van der Waals surface area contributed by atoms with Gasteiger partial charge in [-0.3, -0.25) is 0 Å². The second-order valence-corrected chi connectivity index (χ2v) is 4.35. The average Bonchev–Trinajstić information content (AvgIpc) is 2.25. The highest BCUT2D eigenvalue weighted by atomic mass is 16.5. The molecule has 3 heteroatoms. The third-order valence-corrected chi connectivity index (χ3v) is 2.51. The van der Waals surface area contributed by atoms with Gasteiger partial charge in [0.15, 0.2) is 0 Å². The van der Waals surface area contributed by atoms with Crippen LogP contribution in [0.1, 0.15) is 25.8 Å². The maximum absolute atomic E-state index is 9.71. The van der Waals surface area contributed by atoms with Crippen molar-refractivity contribution in [3.8, 4) is 11.5 Å². The van der Waals surface area contributed by atoms with Crippen LogP contribution in [-0.4, -0.2) is 18.8 Å². The first kappa shape index (κ1) is 12.8. The summed E-state index contributed by atoms with van der Waals surface area (Å²) in [5.41, 5.74) is 0.907. The highest BCUT2D eigenvalue weighted by molar-refractivity contribution is 5.39. The highest BCUT2D eigenvalue weighted by Crippen LogP contribution is 2.22. The van der Waals surface area contributed by atoms with Crippen LogP contribution < -0.4 is 10.1 Å². The Bertz CT molecular complexity index is 324. The normalized spacial score (nSPS) is 10.8. The summed E-state index contributed by atoms with van der Waals surface area (Å²) in [6, 6.07) is 5.38. The van der Waals surface area contributed by atoms with Crippen LogP contribution in [0, 0.1) is 5.92 Å². The molecule has 0 radical (unpaired) electrons. The Labute approximate surface area is 97.4 Å². The summed E-state index contributed by atoms with van der Waals surface area (Å²) in [4.78, 5) is 0. The van der Waals surface area contributed by atoms with E-state index in [2.05, 4.69) is 19.2 Å². The summed E-state index contributed by atoms with van der Waals surface area (Å²) in [7, 11) is 1.59. The Kier molecular flexibility index (Phi) is 5.12. The molecule has 0 fully saturated rings. The predicted octanol–water partition coefficient (Wildman–Crippen LogP) is 2.54. The van der Waals surface area contributed by atoms with Crippen molar-refractivity contribution in [3.63, 3.8) is 0 Å². The molecule has 16 heavy (non-hydrogen) atoms. The Balaban J connectivity index is 2.42. The number of rotatable bonds is 6. The van der Waals surface area contributed by atoms with E-state index >= 15 is 0 Å². The molecule has 0 aliphatic carbocycles. The second-order valence-electron chi connectivity index (χ2n) is 4.35. The van der Waals surface area contributed by atoms with Crippen molar-refractivity contribution >= 4 is 0 Å². The third kappa shape index (κ3) is 4.11. The van der Waals surface area contributed by atoms with Gasteiger partial charge in [-0.1, -0.05) is 19.9 Å². The standard InChI is InChI=1S/C13H21NO2/c1-10(2)6-7-14-9-11-4-5-12(16-3)8-13(11)15/h4-5,8,10,14-15H,6-7,9H2,1-3H3. The third-order valence-electron chi connectivity index (χ3n) is 2.51. The maximum Gasteiger partial charge on any atom is 0.123 e. The Morgan fingerprint density at radius 3 is 2.69 bits per heavy atom. The van der Waals surface area contributed by atoms with Crippen molar-refractivity contribution in [2.75, 3.05) is 13.7 Å². The number of phenols is 1. The zero-order chi connectivity index (χ0) is 12.0. The number of hydrogen-bond acceptors (Lipinski definition) is 3. The van der Waals surface area contributed by atoms with E-state index in [9.17, 15) is 5.11 Å². The van der Waals surface area contributed by atoms with Crippen LogP contribution in [0.25, 0.3) is 0 Å². The van der Waals surface area contributed by atoms with Crippen LogP contribution in [0.2, 0.25) is 0 Å². The van der Waals surface area contributed by atoms with E-state index in [4.69, 9.17) is 4.74 Å². The van der Waals surface area contributed by atoms with E-state index in [1.165, 1.54) is 0 Å². The molecule has 2 N–H and O–H groups in total. The van der Waals surface area contributed by atoms with Gasteiger partial charge in [-0.25, -0.2) is 0 Å². The fourth-order valence-electron chi connectivity index (χ4n) is 1.43. The quantitative estimate of drug-likeness (QED) is 0.728. The summed E-state index contributed by atoms with van der Waals surface area (Å²) < 4.78 is 5.03. The minimum absolute atomic E-state index is 0.288. The molecule has 3 nitrogen and oxygen atoms in total. The van der Waals surface area contributed by atoms with Crippen molar-refractivity contribution in [2.45, 2.75) is 26.8 Å². The Morgan fingerprint density at radius 1 is 1.38 bits per heavy atom. The number of methoxy groups -OCH3 is 1. The smallest absolute Gasteiger partial charge is 0.123 e. The number of aromatic hydroxyl groups is 1. The molecule has 1 aromatic carbocycles. The first-order valence-corrected chi connectivity index (χ1v) is 5.70. The van der Waals surface area contributed by atoms with Gasteiger partial charge in [-0.2, -0.15) is 0 Å². The molecule has 0 amide bonds. The summed E-state index contributed by atoms with van der Waals surface area (Å²) in [6.07, 6.45) is 1.15. The zero-order valence-electron chi connectivity index (χ0n) is 10.3. The molecule has 0 atom stereocenters. The molecule has 0 spiro atoms. The Hall–Kier alpha value is -1.22. The molecular weight excluding hydrogens is 202 g/mol. The van der Waals surface area contributed by atoms with Crippen LogP contribution in [-0.2, 0) is 6.54 Å². The number of ether oxygens (including phenoxy) is 1.